The Labute approximate surface area is 200 Å². The van der Waals surface area contributed by atoms with E-state index in [-0.39, 0.29) is 0 Å². The zero-order valence-electron chi connectivity index (χ0n) is 19.5. The van der Waals surface area contributed by atoms with Gasteiger partial charge in [-0.3, -0.25) is 9.88 Å². The fourth-order valence-electron chi connectivity index (χ4n) is 4.59. The third-order valence-corrected chi connectivity index (χ3v) is 6.53. The standard InChI is InChI=1S/C27H29N7/c1-20-6-5-8-25(32-20)22-18-30-27(31-19-22)34-14-12-33(13-15-34)11-4-3-7-21-17-29-26-10-9-23(28-2)16-24(21)26/h5-6,8-10,16-19,29H,3-4,7,11-15H2,1H3. The van der Waals surface area contributed by atoms with Crippen LogP contribution >= 0.6 is 0 Å². The molecule has 1 aliphatic heterocycles. The molecule has 5 rings (SSSR count). The molecular weight excluding hydrogens is 422 g/mol. The molecule has 7 heteroatoms. The molecule has 4 aromatic rings. The van der Waals surface area contributed by atoms with Crippen LogP contribution in [-0.4, -0.2) is 57.6 Å². The summed E-state index contributed by atoms with van der Waals surface area (Å²) in [7, 11) is 0. The number of rotatable bonds is 7. The number of anilines is 1. The summed E-state index contributed by atoms with van der Waals surface area (Å²) in [4.78, 5) is 25.5. The molecule has 34 heavy (non-hydrogen) atoms. The Bertz CT molecular complexity index is 1290. The molecule has 0 saturated carbocycles. The maximum atomic E-state index is 7.24. The SMILES string of the molecule is [C-]#[N+]c1ccc2[nH]cc(CCCCN3CCN(c4ncc(-c5cccc(C)n5)cn4)CC3)c2c1. The first kappa shape index (κ1) is 22.1. The summed E-state index contributed by atoms with van der Waals surface area (Å²) >= 11 is 0. The number of aromatic nitrogens is 4. The summed E-state index contributed by atoms with van der Waals surface area (Å²) in [5.74, 6) is 0.800. The third-order valence-electron chi connectivity index (χ3n) is 6.53. The van der Waals surface area contributed by atoms with E-state index >= 15 is 0 Å². The second-order valence-electron chi connectivity index (χ2n) is 8.88. The summed E-state index contributed by atoms with van der Waals surface area (Å²) in [6, 6.07) is 11.9. The number of nitrogens with one attached hydrogen (secondary N) is 1. The molecule has 0 spiro atoms. The molecule has 0 atom stereocenters. The number of benzene rings is 1. The Morgan fingerprint density at radius 3 is 2.62 bits per heavy atom. The van der Waals surface area contributed by atoms with Crippen molar-refractivity contribution in [3.05, 3.63) is 77.7 Å². The van der Waals surface area contributed by atoms with Crippen LogP contribution in [0.4, 0.5) is 11.6 Å². The Kier molecular flexibility index (Phi) is 6.50. The molecule has 0 unspecified atom stereocenters. The Hall–Kier alpha value is -3.76. The second-order valence-corrected chi connectivity index (χ2v) is 8.88. The van der Waals surface area contributed by atoms with Gasteiger partial charge in [-0.2, -0.15) is 0 Å². The minimum Gasteiger partial charge on any atom is -0.361 e. The molecule has 0 amide bonds. The van der Waals surface area contributed by atoms with E-state index in [1.165, 1.54) is 17.4 Å². The molecule has 1 saturated heterocycles. The third kappa shape index (κ3) is 4.92. The van der Waals surface area contributed by atoms with Crippen LogP contribution in [0.25, 0.3) is 27.0 Å². The Balaban J connectivity index is 1.08. The van der Waals surface area contributed by atoms with Crippen molar-refractivity contribution in [2.45, 2.75) is 26.2 Å². The molecule has 0 bridgehead atoms. The van der Waals surface area contributed by atoms with Gasteiger partial charge in [-0.05, 0) is 67.9 Å². The highest BCUT2D eigenvalue weighted by molar-refractivity contribution is 5.86. The molecule has 1 aromatic carbocycles. The maximum absolute atomic E-state index is 7.24. The van der Waals surface area contributed by atoms with E-state index in [0.29, 0.717) is 5.69 Å². The van der Waals surface area contributed by atoms with Crippen LogP contribution in [0.3, 0.4) is 0 Å². The van der Waals surface area contributed by atoms with Crippen LogP contribution in [0.15, 0.2) is 55.0 Å². The molecule has 3 aromatic heterocycles. The highest BCUT2D eigenvalue weighted by Crippen LogP contribution is 2.25. The van der Waals surface area contributed by atoms with Gasteiger partial charge in [0, 0.05) is 61.5 Å². The van der Waals surface area contributed by atoms with E-state index in [0.717, 1.165) is 74.0 Å². The normalized spacial score (nSPS) is 14.4. The number of aryl methyl sites for hydroxylation is 2. The van der Waals surface area contributed by atoms with Gasteiger partial charge in [-0.15, -0.1) is 0 Å². The molecule has 0 aliphatic carbocycles. The van der Waals surface area contributed by atoms with Crippen molar-refractivity contribution in [2.75, 3.05) is 37.6 Å². The predicted molar refractivity (Wildman–Crippen MR) is 136 cm³/mol. The lowest BCUT2D eigenvalue weighted by molar-refractivity contribution is 0.252. The van der Waals surface area contributed by atoms with E-state index in [9.17, 15) is 0 Å². The van der Waals surface area contributed by atoms with Crippen LogP contribution in [0.2, 0.25) is 0 Å². The number of unbranched alkanes of at least 4 members (excludes halogenated alkanes) is 1. The van der Waals surface area contributed by atoms with Crippen LogP contribution < -0.4 is 4.90 Å². The van der Waals surface area contributed by atoms with Gasteiger partial charge >= 0.3 is 0 Å². The van der Waals surface area contributed by atoms with Crippen molar-refractivity contribution < 1.29 is 0 Å². The lowest BCUT2D eigenvalue weighted by Gasteiger charge is -2.34. The molecule has 172 valence electrons. The summed E-state index contributed by atoms with van der Waals surface area (Å²) in [5.41, 5.74) is 5.99. The van der Waals surface area contributed by atoms with E-state index in [2.05, 4.69) is 40.8 Å². The van der Waals surface area contributed by atoms with Gasteiger partial charge in [0.1, 0.15) is 0 Å². The van der Waals surface area contributed by atoms with Gasteiger partial charge in [-0.25, -0.2) is 14.8 Å². The van der Waals surface area contributed by atoms with Crippen molar-refractivity contribution in [1.82, 2.24) is 24.8 Å². The fourth-order valence-corrected chi connectivity index (χ4v) is 4.59. The van der Waals surface area contributed by atoms with Gasteiger partial charge in [0.15, 0.2) is 5.69 Å². The minimum absolute atomic E-state index is 0.705. The number of nitrogens with zero attached hydrogens (tertiary/aromatic N) is 6. The first-order chi connectivity index (χ1) is 16.7. The zero-order valence-corrected chi connectivity index (χ0v) is 19.5. The number of pyridine rings is 1. The number of aromatic amines is 1. The number of H-pyrrole nitrogens is 1. The average molecular weight is 452 g/mol. The van der Waals surface area contributed by atoms with Crippen molar-refractivity contribution in [3.8, 4) is 11.3 Å². The zero-order chi connectivity index (χ0) is 23.3. The van der Waals surface area contributed by atoms with Crippen molar-refractivity contribution in [1.29, 1.82) is 0 Å². The van der Waals surface area contributed by atoms with Gasteiger partial charge in [-0.1, -0.05) is 12.1 Å². The van der Waals surface area contributed by atoms with Crippen molar-refractivity contribution >= 4 is 22.5 Å². The molecule has 1 N–H and O–H groups in total. The first-order valence-electron chi connectivity index (χ1n) is 11.9. The van der Waals surface area contributed by atoms with Crippen LogP contribution in [0.5, 0.6) is 0 Å². The number of hydrogen-bond donors (Lipinski definition) is 1. The van der Waals surface area contributed by atoms with Crippen LogP contribution in [0.1, 0.15) is 24.1 Å². The van der Waals surface area contributed by atoms with Gasteiger partial charge < -0.3 is 9.88 Å². The van der Waals surface area contributed by atoms with Crippen LogP contribution in [-0.2, 0) is 6.42 Å². The van der Waals surface area contributed by atoms with Gasteiger partial charge in [0.25, 0.3) is 0 Å². The molecule has 1 fully saturated rings. The Morgan fingerprint density at radius 1 is 1.03 bits per heavy atom. The van der Waals surface area contributed by atoms with Gasteiger partial charge in [0.05, 0.1) is 12.3 Å². The van der Waals surface area contributed by atoms with E-state index < -0.39 is 0 Å². The summed E-state index contributed by atoms with van der Waals surface area (Å²) < 4.78 is 0. The molecule has 4 heterocycles. The smallest absolute Gasteiger partial charge is 0.225 e. The van der Waals surface area contributed by atoms with E-state index in [1.54, 1.807) is 0 Å². The number of hydrogen-bond acceptors (Lipinski definition) is 5. The second kappa shape index (κ2) is 10.0. The monoisotopic (exact) mass is 451 g/mol. The average Bonchev–Trinajstić information content (AvgIpc) is 3.29. The highest BCUT2D eigenvalue weighted by Gasteiger charge is 2.18. The van der Waals surface area contributed by atoms with Gasteiger partial charge in [0.2, 0.25) is 5.95 Å². The van der Waals surface area contributed by atoms with Crippen molar-refractivity contribution in [3.63, 3.8) is 0 Å². The number of fused-ring (bicyclic) bond motifs is 1. The molecule has 1 aliphatic rings. The Morgan fingerprint density at radius 2 is 1.85 bits per heavy atom. The van der Waals surface area contributed by atoms with E-state index in [4.69, 9.17) is 6.57 Å². The lowest BCUT2D eigenvalue weighted by Crippen LogP contribution is -2.47. The lowest BCUT2D eigenvalue weighted by atomic mass is 10.1. The largest absolute Gasteiger partial charge is 0.361 e. The molecule has 7 nitrogen and oxygen atoms in total. The molecule has 0 radical (unpaired) electrons. The maximum Gasteiger partial charge on any atom is 0.225 e. The van der Waals surface area contributed by atoms with Crippen LogP contribution in [0, 0.1) is 13.5 Å². The molecular formula is C27H29N7. The quantitative estimate of drug-likeness (QED) is 0.316. The number of piperazine rings is 1. The highest BCUT2D eigenvalue weighted by atomic mass is 15.3. The summed E-state index contributed by atoms with van der Waals surface area (Å²) in [6.07, 6.45) is 9.20. The topological polar surface area (TPSA) is 65.3 Å². The van der Waals surface area contributed by atoms with Crippen molar-refractivity contribution in [2.24, 2.45) is 0 Å². The predicted octanol–water partition coefficient (Wildman–Crippen LogP) is 5.02. The fraction of sp³-hybridized carbons (Fsp3) is 0.333. The first-order valence-corrected chi connectivity index (χ1v) is 11.9. The minimum atomic E-state index is 0.705. The van der Waals surface area contributed by atoms with E-state index in [1.807, 2.05) is 55.7 Å². The summed E-state index contributed by atoms with van der Waals surface area (Å²) in [5, 5.41) is 1.19. The summed E-state index contributed by atoms with van der Waals surface area (Å²) in [6.45, 7) is 14.3.